The van der Waals surface area contributed by atoms with Crippen molar-refractivity contribution in [3.63, 3.8) is 0 Å². The van der Waals surface area contributed by atoms with Crippen LogP contribution in [-0.2, 0) is 6.42 Å². The Bertz CT molecular complexity index is 181. The number of rotatable bonds is 3. The van der Waals surface area contributed by atoms with Crippen LogP contribution in [-0.4, -0.2) is 22.7 Å². The first-order valence-electron chi connectivity index (χ1n) is 3.06. The molecule has 0 spiro atoms. The van der Waals surface area contributed by atoms with E-state index in [2.05, 4.69) is 4.98 Å². The molecule has 0 fully saturated rings. The first-order valence-corrected chi connectivity index (χ1v) is 3.94. The Morgan fingerprint density at radius 3 is 2.91 bits per heavy atom. The van der Waals surface area contributed by atoms with Gasteiger partial charge in [-0.3, -0.25) is 4.98 Å². The zero-order valence-electron chi connectivity index (χ0n) is 5.93. The SMILES string of the molecule is Cl.N[C@H](CO)Cc1cncs1. The van der Waals surface area contributed by atoms with Crippen molar-refractivity contribution in [2.45, 2.75) is 12.5 Å². The molecule has 0 aliphatic carbocycles. The lowest BCUT2D eigenvalue weighted by Gasteiger charge is -2.03. The number of thiazole rings is 1. The second-order valence-corrected chi connectivity index (χ2v) is 3.09. The van der Waals surface area contributed by atoms with Crippen LogP contribution in [0.5, 0.6) is 0 Å². The molecule has 64 valence electrons. The zero-order valence-corrected chi connectivity index (χ0v) is 7.57. The number of aromatic nitrogens is 1. The Balaban J connectivity index is 0.000001000. The highest BCUT2D eigenvalue weighted by Crippen LogP contribution is 2.06. The van der Waals surface area contributed by atoms with E-state index in [0.29, 0.717) is 0 Å². The van der Waals surface area contributed by atoms with Crippen molar-refractivity contribution < 1.29 is 5.11 Å². The van der Waals surface area contributed by atoms with Crippen molar-refractivity contribution in [2.75, 3.05) is 6.61 Å². The normalized spacial score (nSPS) is 12.2. The maximum absolute atomic E-state index is 8.59. The third kappa shape index (κ3) is 3.67. The minimum atomic E-state index is -0.138. The van der Waals surface area contributed by atoms with Gasteiger partial charge in [-0.1, -0.05) is 0 Å². The van der Waals surface area contributed by atoms with Gasteiger partial charge in [-0.25, -0.2) is 0 Å². The summed E-state index contributed by atoms with van der Waals surface area (Å²) in [7, 11) is 0. The molecule has 3 nitrogen and oxygen atoms in total. The minimum absolute atomic E-state index is 0. The maximum atomic E-state index is 8.59. The van der Waals surface area contributed by atoms with Crippen molar-refractivity contribution in [1.82, 2.24) is 4.98 Å². The Morgan fingerprint density at radius 2 is 2.45 bits per heavy atom. The van der Waals surface area contributed by atoms with Gasteiger partial charge in [0.25, 0.3) is 0 Å². The van der Waals surface area contributed by atoms with E-state index in [-0.39, 0.29) is 25.1 Å². The van der Waals surface area contributed by atoms with Gasteiger partial charge in [0.1, 0.15) is 0 Å². The van der Waals surface area contributed by atoms with Crippen molar-refractivity contribution >= 4 is 23.7 Å². The molecule has 0 saturated carbocycles. The van der Waals surface area contributed by atoms with E-state index in [4.69, 9.17) is 10.8 Å². The van der Waals surface area contributed by atoms with Gasteiger partial charge in [-0.05, 0) is 0 Å². The van der Waals surface area contributed by atoms with E-state index in [1.165, 1.54) is 0 Å². The predicted octanol–water partition coefficient (Wildman–Crippen LogP) is 0.427. The Morgan fingerprint density at radius 1 is 1.73 bits per heavy atom. The van der Waals surface area contributed by atoms with Crippen LogP contribution < -0.4 is 5.73 Å². The molecule has 1 aromatic heterocycles. The quantitative estimate of drug-likeness (QED) is 0.734. The molecule has 0 bridgehead atoms. The molecule has 0 radical (unpaired) electrons. The average molecular weight is 195 g/mol. The molecule has 5 heteroatoms. The molecule has 0 saturated heterocycles. The zero-order chi connectivity index (χ0) is 7.40. The van der Waals surface area contributed by atoms with Gasteiger partial charge in [0.2, 0.25) is 0 Å². The van der Waals surface area contributed by atoms with Gasteiger partial charge in [0, 0.05) is 23.5 Å². The lowest BCUT2D eigenvalue weighted by molar-refractivity contribution is 0.265. The number of halogens is 1. The summed E-state index contributed by atoms with van der Waals surface area (Å²) in [5.41, 5.74) is 7.26. The molecule has 0 aliphatic rings. The second kappa shape index (κ2) is 5.49. The number of hydrogen-bond acceptors (Lipinski definition) is 4. The third-order valence-corrected chi connectivity index (χ3v) is 1.98. The second-order valence-electron chi connectivity index (χ2n) is 2.11. The molecule has 0 amide bonds. The van der Waals surface area contributed by atoms with E-state index >= 15 is 0 Å². The lowest BCUT2D eigenvalue weighted by Crippen LogP contribution is -2.26. The number of nitrogens with two attached hydrogens (primary N) is 1. The molecule has 3 N–H and O–H groups in total. The predicted molar refractivity (Wildman–Crippen MR) is 48.1 cm³/mol. The summed E-state index contributed by atoms with van der Waals surface area (Å²) >= 11 is 1.56. The maximum Gasteiger partial charge on any atom is 0.0794 e. The highest BCUT2D eigenvalue weighted by molar-refractivity contribution is 7.09. The number of aliphatic hydroxyl groups excluding tert-OH is 1. The lowest BCUT2D eigenvalue weighted by atomic mass is 10.2. The van der Waals surface area contributed by atoms with E-state index < -0.39 is 0 Å². The molecule has 1 heterocycles. The van der Waals surface area contributed by atoms with Crippen molar-refractivity contribution in [2.24, 2.45) is 5.73 Å². The fraction of sp³-hybridized carbons (Fsp3) is 0.500. The highest BCUT2D eigenvalue weighted by atomic mass is 35.5. The van der Waals surface area contributed by atoms with Gasteiger partial charge >= 0.3 is 0 Å². The summed E-state index contributed by atoms with van der Waals surface area (Å²) < 4.78 is 0. The van der Waals surface area contributed by atoms with Crippen LogP contribution in [0.4, 0.5) is 0 Å². The monoisotopic (exact) mass is 194 g/mol. The van der Waals surface area contributed by atoms with Crippen molar-refractivity contribution in [1.29, 1.82) is 0 Å². The molecular formula is C6H11ClN2OS. The molecule has 1 aromatic rings. The van der Waals surface area contributed by atoms with Gasteiger partial charge in [0.05, 0.1) is 12.1 Å². The Hall–Kier alpha value is -0.160. The average Bonchev–Trinajstić information content (AvgIpc) is 2.40. The van der Waals surface area contributed by atoms with E-state index in [1.807, 2.05) is 0 Å². The van der Waals surface area contributed by atoms with E-state index in [1.54, 1.807) is 23.0 Å². The minimum Gasteiger partial charge on any atom is -0.395 e. The standard InChI is InChI=1S/C6H10N2OS.ClH/c7-5(3-9)1-6-2-8-4-10-6;/h2,4-5,9H,1,3,7H2;1H/t5-;/m0./s1. The molecule has 0 aromatic carbocycles. The molecule has 0 unspecified atom stereocenters. The van der Waals surface area contributed by atoms with Crippen molar-refractivity contribution in [3.05, 3.63) is 16.6 Å². The summed E-state index contributed by atoms with van der Waals surface area (Å²) in [6.45, 7) is 0.0396. The summed E-state index contributed by atoms with van der Waals surface area (Å²) in [4.78, 5) is 5.02. The molecule has 1 atom stereocenters. The van der Waals surface area contributed by atoms with Crippen LogP contribution in [0.1, 0.15) is 4.88 Å². The van der Waals surface area contributed by atoms with Gasteiger partial charge in [-0.15, -0.1) is 23.7 Å². The van der Waals surface area contributed by atoms with E-state index in [0.717, 1.165) is 11.3 Å². The summed E-state index contributed by atoms with van der Waals surface area (Å²) in [5, 5.41) is 8.59. The van der Waals surface area contributed by atoms with Gasteiger partial charge < -0.3 is 10.8 Å². The van der Waals surface area contributed by atoms with Crippen LogP contribution in [0.2, 0.25) is 0 Å². The van der Waals surface area contributed by atoms with Crippen LogP contribution in [0.25, 0.3) is 0 Å². The fourth-order valence-electron chi connectivity index (χ4n) is 0.666. The topological polar surface area (TPSA) is 59.1 Å². The smallest absolute Gasteiger partial charge is 0.0794 e. The Kier molecular flexibility index (Phi) is 5.41. The highest BCUT2D eigenvalue weighted by Gasteiger charge is 2.02. The number of hydrogen-bond donors (Lipinski definition) is 2. The Labute approximate surface area is 75.7 Å². The fourth-order valence-corrected chi connectivity index (χ4v) is 1.36. The third-order valence-electron chi connectivity index (χ3n) is 1.18. The molecule has 1 rings (SSSR count). The van der Waals surface area contributed by atoms with Crippen LogP contribution >= 0.6 is 23.7 Å². The first kappa shape index (κ1) is 10.8. The summed E-state index contributed by atoms with van der Waals surface area (Å²) in [6.07, 6.45) is 2.50. The van der Waals surface area contributed by atoms with Gasteiger partial charge in [0.15, 0.2) is 0 Å². The first-order chi connectivity index (χ1) is 4.83. The van der Waals surface area contributed by atoms with Crippen LogP contribution in [0.15, 0.2) is 11.7 Å². The molecule has 0 aliphatic heterocycles. The number of aliphatic hydroxyl groups is 1. The van der Waals surface area contributed by atoms with E-state index in [9.17, 15) is 0 Å². The molecular weight excluding hydrogens is 184 g/mol. The summed E-state index contributed by atoms with van der Waals surface area (Å²) in [5.74, 6) is 0. The summed E-state index contributed by atoms with van der Waals surface area (Å²) in [6, 6.07) is -0.138. The largest absolute Gasteiger partial charge is 0.395 e. The van der Waals surface area contributed by atoms with Gasteiger partial charge in [-0.2, -0.15) is 0 Å². The van der Waals surface area contributed by atoms with Crippen LogP contribution in [0, 0.1) is 0 Å². The van der Waals surface area contributed by atoms with Crippen LogP contribution in [0.3, 0.4) is 0 Å². The molecule has 11 heavy (non-hydrogen) atoms. The van der Waals surface area contributed by atoms with Crippen molar-refractivity contribution in [3.8, 4) is 0 Å². The number of nitrogens with zero attached hydrogens (tertiary/aromatic N) is 1.